The highest BCUT2D eigenvalue weighted by Crippen LogP contribution is 2.32. The molecule has 0 atom stereocenters. The molecule has 7 heteroatoms. The lowest BCUT2D eigenvalue weighted by molar-refractivity contribution is -0.118. The van der Waals surface area contributed by atoms with Gasteiger partial charge in [0.15, 0.2) is 5.13 Å². The number of benzene rings is 3. The molecule has 0 radical (unpaired) electrons. The summed E-state index contributed by atoms with van der Waals surface area (Å²) in [5, 5.41) is 3.44. The van der Waals surface area contributed by atoms with E-state index in [1.54, 1.807) is 24.1 Å². The highest BCUT2D eigenvalue weighted by molar-refractivity contribution is 7.22. The smallest absolute Gasteiger partial charge is 0.251 e. The fraction of sp³-hybridized carbons (Fsp3) is 0.160. The molecule has 4 rings (SSSR count). The van der Waals surface area contributed by atoms with Crippen LogP contribution in [0.15, 0.2) is 78.9 Å². The Morgan fingerprint density at radius 2 is 1.72 bits per heavy atom. The van der Waals surface area contributed by atoms with Gasteiger partial charge in [0.05, 0.1) is 23.9 Å². The second kappa shape index (κ2) is 10.1. The number of rotatable bonds is 8. The zero-order chi connectivity index (χ0) is 22.3. The van der Waals surface area contributed by atoms with Gasteiger partial charge in [-0.25, -0.2) is 4.98 Å². The van der Waals surface area contributed by atoms with Crippen LogP contribution in [0.3, 0.4) is 0 Å². The first-order valence-electron chi connectivity index (χ1n) is 10.3. The minimum atomic E-state index is -0.194. The van der Waals surface area contributed by atoms with E-state index in [-0.39, 0.29) is 24.8 Å². The van der Waals surface area contributed by atoms with Crippen molar-refractivity contribution in [3.05, 3.63) is 90.0 Å². The second-order valence-corrected chi connectivity index (χ2v) is 8.18. The van der Waals surface area contributed by atoms with E-state index in [1.807, 2.05) is 66.7 Å². The minimum absolute atomic E-state index is 0.103. The van der Waals surface area contributed by atoms with Crippen molar-refractivity contribution in [3.63, 3.8) is 0 Å². The molecule has 0 spiro atoms. The van der Waals surface area contributed by atoms with Crippen LogP contribution in [0.1, 0.15) is 22.3 Å². The second-order valence-electron chi connectivity index (χ2n) is 7.17. The van der Waals surface area contributed by atoms with Gasteiger partial charge in [0.25, 0.3) is 5.91 Å². The van der Waals surface area contributed by atoms with Gasteiger partial charge < -0.3 is 10.1 Å². The third kappa shape index (κ3) is 5.12. The van der Waals surface area contributed by atoms with Crippen LogP contribution in [0.4, 0.5) is 5.13 Å². The number of aromatic nitrogens is 1. The van der Waals surface area contributed by atoms with Crippen LogP contribution in [-0.2, 0) is 11.3 Å². The van der Waals surface area contributed by atoms with Gasteiger partial charge in [-0.1, -0.05) is 59.9 Å². The van der Waals surface area contributed by atoms with E-state index in [2.05, 4.69) is 10.3 Å². The monoisotopic (exact) mass is 445 g/mol. The highest BCUT2D eigenvalue weighted by atomic mass is 32.1. The summed E-state index contributed by atoms with van der Waals surface area (Å²) in [6.07, 6.45) is 0.171. The van der Waals surface area contributed by atoms with Crippen molar-refractivity contribution in [2.45, 2.75) is 13.0 Å². The normalized spacial score (nSPS) is 10.7. The van der Waals surface area contributed by atoms with E-state index in [4.69, 9.17) is 4.74 Å². The summed E-state index contributed by atoms with van der Waals surface area (Å²) in [7, 11) is 1.62. The Labute approximate surface area is 190 Å². The minimum Gasteiger partial charge on any atom is -0.497 e. The maximum Gasteiger partial charge on any atom is 0.251 e. The van der Waals surface area contributed by atoms with Crippen LogP contribution >= 0.6 is 11.3 Å². The standard InChI is InChI=1S/C25H23N3O3S/c1-31-20-12-13-21-22(16-20)32-25(27-21)28(17-18-8-4-2-5-9-18)23(29)14-15-26-24(30)19-10-6-3-7-11-19/h2-13,16H,14-15,17H2,1H3,(H,26,30). The summed E-state index contributed by atoms with van der Waals surface area (Å²) in [6, 6.07) is 24.4. The fourth-order valence-corrected chi connectivity index (χ4v) is 4.28. The van der Waals surface area contributed by atoms with E-state index >= 15 is 0 Å². The molecule has 0 aliphatic heterocycles. The van der Waals surface area contributed by atoms with Gasteiger partial charge >= 0.3 is 0 Å². The Morgan fingerprint density at radius 3 is 2.44 bits per heavy atom. The van der Waals surface area contributed by atoms with Gasteiger partial charge in [0.2, 0.25) is 5.91 Å². The SMILES string of the molecule is COc1ccc2nc(N(Cc3ccccc3)C(=O)CCNC(=O)c3ccccc3)sc2c1. The lowest BCUT2D eigenvalue weighted by Gasteiger charge is -2.20. The maximum absolute atomic E-state index is 13.2. The summed E-state index contributed by atoms with van der Waals surface area (Å²) in [6.45, 7) is 0.653. The van der Waals surface area contributed by atoms with Gasteiger partial charge in [-0.05, 0) is 35.9 Å². The third-order valence-electron chi connectivity index (χ3n) is 4.96. The molecule has 0 fully saturated rings. The molecule has 4 aromatic rings. The van der Waals surface area contributed by atoms with E-state index in [0.717, 1.165) is 21.5 Å². The molecule has 162 valence electrons. The molecule has 6 nitrogen and oxygen atoms in total. The Bertz CT molecular complexity index is 1210. The van der Waals surface area contributed by atoms with Crippen LogP contribution in [0.25, 0.3) is 10.2 Å². The predicted octanol–water partition coefficient (Wildman–Crippen LogP) is 4.66. The van der Waals surface area contributed by atoms with Crippen molar-refractivity contribution in [2.75, 3.05) is 18.6 Å². The first-order valence-corrected chi connectivity index (χ1v) is 11.1. The molecule has 0 aliphatic rings. The molecule has 32 heavy (non-hydrogen) atoms. The quantitative estimate of drug-likeness (QED) is 0.428. The molecular formula is C25H23N3O3S. The maximum atomic E-state index is 13.2. The number of thiazole rings is 1. The molecule has 0 aliphatic carbocycles. The van der Waals surface area contributed by atoms with Crippen molar-refractivity contribution in [1.82, 2.24) is 10.3 Å². The largest absolute Gasteiger partial charge is 0.497 e. The van der Waals surface area contributed by atoms with Gasteiger partial charge in [-0.2, -0.15) is 0 Å². The predicted molar refractivity (Wildman–Crippen MR) is 127 cm³/mol. The molecule has 1 aromatic heterocycles. The molecule has 0 saturated heterocycles. The van der Waals surface area contributed by atoms with Crippen molar-refractivity contribution < 1.29 is 14.3 Å². The molecule has 0 bridgehead atoms. The van der Waals surface area contributed by atoms with Crippen molar-refractivity contribution >= 4 is 38.5 Å². The van der Waals surface area contributed by atoms with E-state index < -0.39 is 0 Å². The van der Waals surface area contributed by atoms with Crippen LogP contribution in [0, 0.1) is 0 Å². The lowest BCUT2D eigenvalue weighted by Crippen LogP contribution is -2.34. The van der Waals surface area contributed by atoms with Crippen molar-refractivity contribution in [3.8, 4) is 5.75 Å². The van der Waals surface area contributed by atoms with Gasteiger partial charge in [0.1, 0.15) is 5.75 Å². The molecule has 0 saturated carbocycles. The highest BCUT2D eigenvalue weighted by Gasteiger charge is 2.20. The van der Waals surface area contributed by atoms with E-state index in [0.29, 0.717) is 17.2 Å². The van der Waals surface area contributed by atoms with E-state index in [1.165, 1.54) is 11.3 Å². The zero-order valence-electron chi connectivity index (χ0n) is 17.7. The summed E-state index contributed by atoms with van der Waals surface area (Å²) < 4.78 is 6.25. The van der Waals surface area contributed by atoms with Crippen LogP contribution in [-0.4, -0.2) is 30.5 Å². The molecular weight excluding hydrogens is 422 g/mol. The first-order chi connectivity index (χ1) is 15.6. The van der Waals surface area contributed by atoms with Crippen molar-refractivity contribution in [2.24, 2.45) is 0 Å². The Morgan fingerprint density at radius 1 is 1.00 bits per heavy atom. The average Bonchev–Trinajstić information content (AvgIpc) is 3.26. The Balaban J connectivity index is 1.51. The number of amides is 2. The number of nitrogens with zero attached hydrogens (tertiary/aromatic N) is 2. The topological polar surface area (TPSA) is 71.5 Å². The number of nitrogens with one attached hydrogen (secondary N) is 1. The zero-order valence-corrected chi connectivity index (χ0v) is 18.5. The third-order valence-corrected chi connectivity index (χ3v) is 6.00. The summed E-state index contributed by atoms with van der Waals surface area (Å²) in [5.74, 6) is 0.450. The number of fused-ring (bicyclic) bond motifs is 1. The summed E-state index contributed by atoms with van der Waals surface area (Å²) in [5.41, 5.74) is 2.39. The molecule has 1 N–H and O–H groups in total. The number of carbonyl (C=O) groups excluding carboxylic acids is 2. The molecule has 0 unspecified atom stereocenters. The summed E-state index contributed by atoms with van der Waals surface area (Å²) in [4.78, 5) is 31.8. The van der Waals surface area contributed by atoms with Crippen LogP contribution in [0.2, 0.25) is 0 Å². The molecule has 2 amide bonds. The number of hydrogen-bond donors (Lipinski definition) is 1. The molecule has 3 aromatic carbocycles. The van der Waals surface area contributed by atoms with E-state index in [9.17, 15) is 9.59 Å². The average molecular weight is 446 g/mol. The van der Waals surface area contributed by atoms with Gasteiger partial charge in [-0.15, -0.1) is 0 Å². The number of ether oxygens (including phenoxy) is 1. The first kappa shape index (κ1) is 21.5. The fourth-order valence-electron chi connectivity index (χ4n) is 3.27. The molecule has 1 heterocycles. The number of methoxy groups -OCH3 is 1. The van der Waals surface area contributed by atoms with Crippen LogP contribution < -0.4 is 15.0 Å². The van der Waals surface area contributed by atoms with Gasteiger partial charge in [-0.3, -0.25) is 14.5 Å². The Hall–Kier alpha value is -3.71. The van der Waals surface area contributed by atoms with Crippen LogP contribution in [0.5, 0.6) is 5.75 Å². The van der Waals surface area contributed by atoms with Crippen molar-refractivity contribution in [1.29, 1.82) is 0 Å². The van der Waals surface area contributed by atoms with Gasteiger partial charge in [0, 0.05) is 18.5 Å². The lowest BCUT2D eigenvalue weighted by atomic mass is 10.2. The number of anilines is 1. The number of carbonyl (C=O) groups is 2. The number of hydrogen-bond acceptors (Lipinski definition) is 5. The summed E-state index contributed by atoms with van der Waals surface area (Å²) >= 11 is 1.45. The Kier molecular flexibility index (Phi) is 6.77.